The molecule has 0 aromatic heterocycles. The van der Waals surface area contributed by atoms with Crippen LogP contribution >= 0.6 is 0 Å². The number of nitrogens with zero attached hydrogens (tertiary/aromatic N) is 1. The zero-order valence-corrected chi connectivity index (χ0v) is 12.6. The maximum atomic E-state index is 12.0. The van der Waals surface area contributed by atoms with E-state index >= 15 is 0 Å². The van der Waals surface area contributed by atoms with Crippen molar-refractivity contribution in [1.29, 1.82) is 0 Å². The molecule has 1 aliphatic rings. The Hall–Kier alpha value is -1.59. The number of ketones is 1. The summed E-state index contributed by atoms with van der Waals surface area (Å²) in [5.74, 6) is -0.898. The summed E-state index contributed by atoms with van der Waals surface area (Å²) < 4.78 is 10.1. The summed E-state index contributed by atoms with van der Waals surface area (Å²) in [6.07, 6.45) is -0.172. The molecule has 1 aliphatic heterocycles. The highest BCUT2D eigenvalue weighted by molar-refractivity contribution is 5.87. The third-order valence-electron chi connectivity index (χ3n) is 2.89. The Kier molecular flexibility index (Phi) is 5.53. The van der Waals surface area contributed by atoms with Crippen LogP contribution in [0.3, 0.4) is 0 Å². The van der Waals surface area contributed by atoms with Gasteiger partial charge >= 0.3 is 12.1 Å². The molecular weight excluding hydrogens is 262 g/mol. The normalized spacial score (nSPS) is 19.7. The van der Waals surface area contributed by atoms with Crippen molar-refractivity contribution < 1.29 is 23.9 Å². The zero-order valence-electron chi connectivity index (χ0n) is 12.6. The van der Waals surface area contributed by atoms with Gasteiger partial charge in [0.15, 0.2) is 0 Å². The second-order valence-electron chi connectivity index (χ2n) is 5.85. The fraction of sp³-hybridized carbons (Fsp3) is 0.786. The summed E-state index contributed by atoms with van der Waals surface area (Å²) in [5.41, 5.74) is -0.574. The fourth-order valence-corrected chi connectivity index (χ4v) is 2.00. The van der Waals surface area contributed by atoms with Crippen molar-refractivity contribution >= 4 is 17.8 Å². The Morgan fingerprint density at radius 2 is 2.00 bits per heavy atom. The summed E-state index contributed by atoms with van der Waals surface area (Å²) in [7, 11) is 0. The standard InChI is InChI=1S/C14H23NO5/c1-5-19-12(17)8-10-9-15(7-6-11(10)16)13(18)20-14(2,3)4/h10H,5-9H2,1-4H3. The van der Waals surface area contributed by atoms with E-state index in [4.69, 9.17) is 9.47 Å². The van der Waals surface area contributed by atoms with Crippen LogP contribution in [0, 0.1) is 5.92 Å². The van der Waals surface area contributed by atoms with E-state index in [9.17, 15) is 14.4 Å². The second kappa shape index (κ2) is 6.72. The first-order chi connectivity index (χ1) is 9.23. The number of piperidine rings is 1. The van der Waals surface area contributed by atoms with Gasteiger partial charge in [-0.25, -0.2) is 4.79 Å². The number of amides is 1. The average molecular weight is 285 g/mol. The first-order valence-corrected chi connectivity index (χ1v) is 6.89. The molecule has 0 N–H and O–H groups in total. The second-order valence-corrected chi connectivity index (χ2v) is 5.85. The summed E-state index contributed by atoms with van der Waals surface area (Å²) >= 11 is 0. The van der Waals surface area contributed by atoms with Gasteiger partial charge in [-0.15, -0.1) is 0 Å². The minimum Gasteiger partial charge on any atom is -0.466 e. The average Bonchev–Trinajstić information content (AvgIpc) is 2.30. The van der Waals surface area contributed by atoms with Crippen molar-refractivity contribution in [3.8, 4) is 0 Å². The van der Waals surface area contributed by atoms with E-state index in [1.807, 2.05) is 0 Å². The monoisotopic (exact) mass is 285 g/mol. The molecule has 0 aliphatic carbocycles. The molecule has 1 unspecified atom stereocenters. The van der Waals surface area contributed by atoms with Gasteiger partial charge < -0.3 is 14.4 Å². The molecule has 0 spiro atoms. The van der Waals surface area contributed by atoms with E-state index in [1.165, 1.54) is 4.90 Å². The van der Waals surface area contributed by atoms with Gasteiger partial charge in [0.05, 0.1) is 13.0 Å². The van der Waals surface area contributed by atoms with Crippen molar-refractivity contribution in [3.63, 3.8) is 0 Å². The molecule has 1 fully saturated rings. The number of carbonyl (C=O) groups excluding carboxylic acids is 3. The van der Waals surface area contributed by atoms with Crippen LogP contribution in [0.15, 0.2) is 0 Å². The predicted molar refractivity (Wildman–Crippen MR) is 72.2 cm³/mol. The van der Waals surface area contributed by atoms with E-state index in [0.717, 1.165) is 0 Å². The Labute approximate surface area is 119 Å². The lowest BCUT2D eigenvalue weighted by molar-refractivity contribution is -0.147. The van der Waals surface area contributed by atoms with E-state index in [0.29, 0.717) is 6.54 Å². The minimum absolute atomic E-state index is 0.00198. The molecule has 1 saturated heterocycles. The Bertz CT molecular complexity index is 386. The zero-order chi connectivity index (χ0) is 15.3. The highest BCUT2D eigenvalue weighted by atomic mass is 16.6. The van der Waals surface area contributed by atoms with Crippen molar-refractivity contribution in [3.05, 3.63) is 0 Å². The van der Waals surface area contributed by atoms with Crippen LogP contribution in [0.5, 0.6) is 0 Å². The van der Waals surface area contributed by atoms with Crippen LogP contribution in [0.4, 0.5) is 4.79 Å². The lowest BCUT2D eigenvalue weighted by Crippen LogP contribution is -2.46. The largest absolute Gasteiger partial charge is 0.466 e. The number of Topliss-reactive ketones (excluding diaryl/α,β-unsaturated/α-hetero) is 1. The Balaban J connectivity index is 2.59. The lowest BCUT2D eigenvalue weighted by atomic mass is 9.93. The predicted octanol–water partition coefficient (Wildman–Crippen LogP) is 1.77. The number of hydrogen-bond donors (Lipinski definition) is 0. The fourth-order valence-electron chi connectivity index (χ4n) is 2.00. The molecule has 0 radical (unpaired) electrons. The molecule has 0 aromatic rings. The van der Waals surface area contributed by atoms with Crippen LogP contribution < -0.4 is 0 Å². The maximum absolute atomic E-state index is 12.0. The topological polar surface area (TPSA) is 72.9 Å². The molecule has 0 aromatic carbocycles. The first kappa shape index (κ1) is 16.5. The smallest absolute Gasteiger partial charge is 0.410 e. The number of rotatable bonds is 3. The summed E-state index contributed by atoms with van der Waals surface area (Å²) in [6, 6.07) is 0. The van der Waals surface area contributed by atoms with Crippen molar-refractivity contribution in [1.82, 2.24) is 4.90 Å². The van der Waals surface area contributed by atoms with E-state index < -0.39 is 23.6 Å². The Morgan fingerprint density at radius 1 is 1.35 bits per heavy atom. The van der Waals surface area contributed by atoms with Gasteiger partial charge in [-0.3, -0.25) is 9.59 Å². The first-order valence-electron chi connectivity index (χ1n) is 6.89. The van der Waals surface area contributed by atoms with Crippen LogP contribution in [0.2, 0.25) is 0 Å². The van der Waals surface area contributed by atoms with E-state index in [-0.39, 0.29) is 31.8 Å². The third kappa shape index (κ3) is 5.19. The van der Waals surface area contributed by atoms with Gasteiger partial charge in [-0.2, -0.15) is 0 Å². The van der Waals surface area contributed by atoms with Crippen LogP contribution in [-0.4, -0.2) is 48.0 Å². The number of hydrogen-bond acceptors (Lipinski definition) is 5. The van der Waals surface area contributed by atoms with Gasteiger partial charge in [0.2, 0.25) is 0 Å². The molecule has 0 bridgehead atoms. The molecule has 1 amide bonds. The molecule has 1 heterocycles. The van der Waals surface area contributed by atoms with E-state index in [1.54, 1.807) is 27.7 Å². The molecule has 6 heteroatoms. The van der Waals surface area contributed by atoms with Crippen molar-refractivity contribution in [2.75, 3.05) is 19.7 Å². The number of ether oxygens (including phenoxy) is 2. The lowest BCUT2D eigenvalue weighted by Gasteiger charge is -2.33. The maximum Gasteiger partial charge on any atom is 0.410 e. The van der Waals surface area contributed by atoms with Crippen LogP contribution in [0.25, 0.3) is 0 Å². The number of esters is 1. The summed E-state index contributed by atoms with van der Waals surface area (Å²) in [6.45, 7) is 7.92. The molecule has 114 valence electrons. The van der Waals surface area contributed by atoms with Crippen molar-refractivity contribution in [2.24, 2.45) is 5.92 Å². The van der Waals surface area contributed by atoms with Crippen LogP contribution in [0.1, 0.15) is 40.5 Å². The number of carbonyl (C=O) groups is 3. The van der Waals surface area contributed by atoms with Gasteiger partial charge in [-0.1, -0.05) is 0 Å². The summed E-state index contributed by atoms with van der Waals surface area (Å²) in [5, 5.41) is 0. The molecule has 1 atom stereocenters. The number of likely N-dealkylation sites (tertiary alicyclic amines) is 1. The van der Waals surface area contributed by atoms with E-state index in [2.05, 4.69) is 0 Å². The Morgan fingerprint density at radius 3 is 2.55 bits per heavy atom. The molecule has 20 heavy (non-hydrogen) atoms. The van der Waals surface area contributed by atoms with Crippen LogP contribution in [-0.2, 0) is 19.1 Å². The highest BCUT2D eigenvalue weighted by Crippen LogP contribution is 2.19. The quantitative estimate of drug-likeness (QED) is 0.739. The van der Waals surface area contributed by atoms with Gasteiger partial charge in [0, 0.05) is 25.4 Å². The van der Waals surface area contributed by atoms with Gasteiger partial charge in [0.25, 0.3) is 0 Å². The minimum atomic E-state index is -0.574. The molecule has 0 saturated carbocycles. The van der Waals surface area contributed by atoms with Crippen molar-refractivity contribution in [2.45, 2.75) is 46.1 Å². The third-order valence-corrected chi connectivity index (χ3v) is 2.89. The SMILES string of the molecule is CCOC(=O)CC1CN(C(=O)OC(C)(C)C)CCC1=O. The van der Waals surface area contributed by atoms with Gasteiger partial charge in [-0.05, 0) is 27.7 Å². The summed E-state index contributed by atoms with van der Waals surface area (Å²) in [4.78, 5) is 36.7. The molecule has 1 rings (SSSR count). The molecule has 6 nitrogen and oxygen atoms in total. The van der Waals surface area contributed by atoms with Gasteiger partial charge in [0.1, 0.15) is 11.4 Å². The highest BCUT2D eigenvalue weighted by Gasteiger charge is 2.33. The molecular formula is C14H23NO5.